The maximum Gasteiger partial charge on any atom is 0.388 e. The van der Waals surface area contributed by atoms with E-state index in [4.69, 9.17) is 0 Å². The topological polar surface area (TPSA) is 120 Å². The van der Waals surface area contributed by atoms with Gasteiger partial charge in [-0.25, -0.2) is 9.78 Å². The number of likely N-dealkylation sites (tertiary alicyclic amines) is 1. The highest BCUT2D eigenvalue weighted by molar-refractivity contribution is 6.01. The third-order valence-corrected chi connectivity index (χ3v) is 6.30. The standard InChI is InChI=1S/C25H27F2N5O4/c1-14(2)16-6-4-5-7-18(16)25(12-32(13-25)11-20-17(22(33)34)10-28-31-20)23(35)30-19-9-8-15(3)29-21(19)36-24(26)27/h4-10,14,24H,11-13H2,1-3H3,(H,28,31)(H,30,35)(H,33,34). The zero-order valence-corrected chi connectivity index (χ0v) is 20.1. The van der Waals surface area contributed by atoms with Crippen molar-refractivity contribution >= 4 is 17.6 Å². The second-order valence-corrected chi connectivity index (χ2v) is 9.17. The Hall–Kier alpha value is -3.86. The number of amides is 1. The largest absolute Gasteiger partial charge is 0.478 e. The van der Waals surface area contributed by atoms with Crippen LogP contribution in [-0.4, -0.2) is 56.8 Å². The molecule has 1 aliphatic rings. The summed E-state index contributed by atoms with van der Waals surface area (Å²) in [5.41, 5.74) is 1.83. The molecule has 9 nitrogen and oxygen atoms in total. The number of rotatable bonds is 9. The summed E-state index contributed by atoms with van der Waals surface area (Å²) in [4.78, 5) is 31.2. The lowest BCUT2D eigenvalue weighted by atomic mass is 9.69. The number of carbonyl (C=O) groups excluding carboxylic acids is 1. The zero-order valence-electron chi connectivity index (χ0n) is 20.1. The molecule has 1 aliphatic heterocycles. The van der Waals surface area contributed by atoms with Crippen molar-refractivity contribution in [1.29, 1.82) is 0 Å². The van der Waals surface area contributed by atoms with Gasteiger partial charge in [0.15, 0.2) is 0 Å². The van der Waals surface area contributed by atoms with Crippen LogP contribution in [0.25, 0.3) is 0 Å². The van der Waals surface area contributed by atoms with Crippen LogP contribution >= 0.6 is 0 Å². The molecule has 1 amide bonds. The number of hydrogen-bond donors (Lipinski definition) is 3. The second kappa shape index (κ2) is 10.0. The Labute approximate surface area is 206 Å². The molecule has 0 bridgehead atoms. The van der Waals surface area contributed by atoms with Crippen LogP contribution in [0.3, 0.4) is 0 Å². The lowest BCUT2D eigenvalue weighted by molar-refractivity contribution is -0.128. The van der Waals surface area contributed by atoms with Gasteiger partial charge in [0.25, 0.3) is 0 Å². The van der Waals surface area contributed by atoms with E-state index in [-0.39, 0.29) is 48.6 Å². The molecular weight excluding hydrogens is 472 g/mol. The number of aromatic amines is 1. The molecule has 0 aliphatic carbocycles. The Morgan fingerprint density at radius 3 is 2.61 bits per heavy atom. The number of pyridine rings is 1. The molecule has 0 atom stereocenters. The summed E-state index contributed by atoms with van der Waals surface area (Å²) in [6.45, 7) is 3.42. The molecule has 11 heteroatoms. The van der Waals surface area contributed by atoms with E-state index in [2.05, 4.69) is 25.2 Å². The quantitative estimate of drug-likeness (QED) is 0.408. The third kappa shape index (κ3) is 4.92. The van der Waals surface area contributed by atoms with Gasteiger partial charge in [-0.15, -0.1) is 0 Å². The number of nitrogens with zero attached hydrogens (tertiary/aromatic N) is 3. The van der Waals surface area contributed by atoms with Crippen LogP contribution in [-0.2, 0) is 16.8 Å². The summed E-state index contributed by atoms with van der Waals surface area (Å²) in [6, 6.07) is 10.7. The minimum absolute atomic E-state index is 0.0486. The molecule has 0 unspecified atom stereocenters. The monoisotopic (exact) mass is 499 g/mol. The number of carboxylic acid groups (broad SMARTS) is 1. The molecule has 1 fully saturated rings. The van der Waals surface area contributed by atoms with Crippen LogP contribution < -0.4 is 10.1 Å². The van der Waals surface area contributed by atoms with Crippen LogP contribution in [0.5, 0.6) is 5.88 Å². The van der Waals surface area contributed by atoms with E-state index in [0.29, 0.717) is 11.4 Å². The first-order valence-electron chi connectivity index (χ1n) is 11.4. The molecule has 1 saturated heterocycles. The summed E-state index contributed by atoms with van der Waals surface area (Å²) < 4.78 is 30.5. The molecule has 2 aromatic heterocycles. The first kappa shape index (κ1) is 25.2. The Bertz CT molecular complexity index is 1270. The Morgan fingerprint density at radius 1 is 1.22 bits per heavy atom. The number of halogens is 2. The van der Waals surface area contributed by atoms with Gasteiger partial charge in [-0.1, -0.05) is 38.1 Å². The number of H-pyrrole nitrogens is 1. The van der Waals surface area contributed by atoms with E-state index < -0.39 is 18.0 Å². The van der Waals surface area contributed by atoms with Gasteiger partial charge in [-0.05, 0) is 36.1 Å². The van der Waals surface area contributed by atoms with E-state index in [0.717, 1.165) is 11.1 Å². The molecule has 3 aromatic rings. The number of ether oxygens (including phenoxy) is 1. The van der Waals surface area contributed by atoms with Crippen molar-refractivity contribution in [2.75, 3.05) is 18.4 Å². The van der Waals surface area contributed by atoms with E-state index in [9.17, 15) is 23.5 Å². The fourth-order valence-electron chi connectivity index (χ4n) is 4.59. The van der Waals surface area contributed by atoms with Gasteiger partial charge in [-0.3, -0.25) is 14.8 Å². The Morgan fingerprint density at radius 2 is 1.94 bits per heavy atom. The van der Waals surface area contributed by atoms with Crippen LogP contribution in [0, 0.1) is 6.92 Å². The van der Waals surface area contributed by atoms with Crippen molar-refractivity contribution in [1.82, 2.24) is 20.1 Å². The molecule has 0 spiro atoms. The van der Waals surface area contributed by atoms with Crippen molar-refractivity contribution in [2.24, 2.45) is 0 Å². The van der Waals surface area contributed by atoms with E-state index in [1.165, 1.54) is 12.3 Å². The van der Waals surface area contributed by atoms with Crippen molar-refractivity contribution in [3.8, 4) is 5.88 Å². The SMILES string of the molecule is Cc1ccc(NC(=O)C2(c3ccccc3C(C)C)CN(Cc3[nH]ncc3C(=O)O)C2)c(OC(F)F)n1. The fourth-order valence-corrected chi connectivity index (χ4v) is 4.59. The second-order valence-electron chi connectivity index (χ2n) is 9.17. The first-order chi connectivity index (χ1) is 17.1. The maximum absolute atomic E-state index is 13.8. The number of carbonyl (C=O) groups is 2. The van der Waals surface area contributed by atoms with Gasteiger partial charge in [0, 0.05) is 25.3 Å². The number of aryl methyl sites for hydroxylation is 1. The number of nitrogens with one attached hydrogen (secondary N) is 2. The highest BCUT2D eigenvalue weighted by Crippen LogP contribution is 2.41. The maximum atomic E-state index is 13.8. The minimum Gasteiger partial charge on any atom is -0.478 e. The normalized spacial score (nSPS) is 15.1. The van der Waals surface area contributed by atoms with Crippen molar-refractivity contribution < 1.29 is 28.2 Å². The van der Waals surface area contributed by atoms with E-state index in [1.807, 2.05) is 43.0 Å². The summed E-state index contributed by atoms with van der Waals surface area (Å²) >= 11 is 0. The number of carboxylic acids is 1. The van der Waals surface area contributed by atoms with Crippen molar-refractivity contribution in [2.45, 2.75) is 45.3 Å². The molecule has 1 aromatic carbocycles. The van der Waals surface area contributed by atoms with E-state index >= 15 is 0 Å². The molecule has 4 rings (SSSR count). The number of anilines is 1. The average Bonchev–Trinajstić information content (AvgIpc) is 3.26. The number of benzene rings is 1. The number of aromatic carboxylic acids is 1. The van der Waals surface area contributed by atoms with Crippen molar-refractivity contribution in [3.05, 3.63) is 70.7 Å². The van der Waals surface area contributed by atoms with Gasteiger partial charge in [0.1, 0.15) is 11.3 Å². The van der Waals surface area contributed by atoms with Gasteiger partial charge in [0.2, 0.25) is 11.8 Å². The predicted molar refractivity (Wildman–Crippen MR) is 127 cm³/mol. The molecule has 36 heavy (non-hydrogen) atoms. The van der Waals surface area contributed by atoms with Crippen LogP contribution in [0.15, 0.2) is 42.6 Å². The molecule has 3 N–H and O–H groups in total. The zero-order chi connectivity index (χ0) is 26.0. The third-order valence-electron chi connectivity index (χ3n) is 6.30. The number of aromatic nitrogens is 3. The Kier molecular flexibility index (Phi) is 7.02. The molecule has 3 heterocycles. The fraction of sp³-hybridized carbons (Fsp3) is 0.360. The van der Waals surface area contributed by atoms with Crippen LogP contribution in [0.2, 0.25) is 0 Å². The summed E-state index contributed by atoms with van der Waals surface area (Å²) in [5, 5.41) is 18.7. The van der Waals surface area contributed by atoms with E-state index in [1.54, 1.807) is 13.0 Å². The van der Waals surface area contributed by atoms with Gasteiger partial charge < -0.3 is 15.2 Å². The lowest BCUT2D eigenvalue weighted by Gasteiger charge is -2.50. The smallest absolute Gasteiger partial charge is 0.388 e. The number of alkyl halides is 2. The minimum atomic E-state index is -3.09. The predicted octanol–water partition coefficient (Wildman–Crippen LogP) is 3.93. The summed E-state index contributed by atoms with van der Waals surface area (Å²) in [5.74, 6) is -1.71. The highest BCUT2D eigenvalue weighted by atomic mass is 19.3. The Balaban J connectivity index is 1.66. The van der Waals surface area contributed by atoms with Gasteiger partial charge in [-0.2, -0.15) is 13.9 Å². The molecule has 0 radical (unpaired) electrons. The van der Waals surface area contributed by atoms with Crippen molar-refractivity contribution in [3.63, 3.8) is 0 Å². The number of hydrogen-bond acceptors (Lipinski definition) is 6. The van der Waals surface area contributed by atoms with Crippen LogP contribution in [0.1, 0.15) is 52.6 Å². The average molecular weight is 500 g/mol. The summed E-state index contributed by atoms with van der Waals surface area (Å²) in [6.07, 6.45) is 1.25. The highest BCUT2D eigenvalue weighted by Gasteiger charge is 2.52. The lowest BCUT2D eigenvalue weighted by Crippen LogP contribution is -2.64. The molecule has 0 saturated carbocycles. The molecule has 190 valence electrons. The summed E-state index contributed by atoms with van der Waals surface area (Å²) in [7, 11) is 0. The van der Waals surface area contributed by atoms with Gasteiger partial charge >= 0.3 is 12.6 Å². The van der Waals surface area contributed by atoms with Crippen LogP contribution in [0.4, 0.5) is 14.5 Å². The van der Waals surface area contributed by atoms with Gasteiger partial charge in [0.05, 0.1) is 17.3 Å². The first-order valence-corrected chi connectivity index (χ1v) is 11.4. The molecular formula is C25H27F2N5O4.